The third kappa shape index (κ3) is 3.92. The van der Waals surface area contributed by atoms with Crippen LogP contribution < -0.4 is 16.4 Å². The summed E-state index contributed by atoms with van der Waals surface area (Å²) in [7, 11) is 0. The van der Waals surface area contributed by atoms with Crippen LogP contribution in [0.2, 0.25) is 0 Å². The van der Waals surface area contributed by atoms with Crippen LogP contribution >= 0.6 is 0 Å². The number of rotatable bonds is 1. The van der Waals surface area contributed by atoms with Crippen molar-refractivity contribution in [3.63, 3.8) is 0 Å². The number of nitrogens with zero attached hydrogens (tertiary/aromatic N) is 2. The van der Waals surface area contributed by atoms with Crippen molar-refractivity contribution in [3.05, 3.63) is 151 Å². The van der Waals surface area contributed by atoms with Crippen molar-refractivity contribution in [1.82, 2.24) is 9.13 Å². The van der Waals surface area contributed by atoms with Crippen LogP contribution in [0.1, 0.15) is 52.7 Å². The third-order valence-electron chi connectivity index (χ3n) is 13.7. The molecule has 0 atom stereocenters. The van der Waals surface area contributed by atoms with Gasteiger partial charge >= 0.3 is 0 Å². The van der Waals surface area contributed by atoms with Gasteiger partial charge in [0.05, 0.1) is 16.6 Å². The summed E-state index contributed by atoms with van der Waals surface area (Å²) in [5.74, 6) is 0. The smallest absolute Gasteiger partial charge is 0.253 e. The van der Waals surface area contributed by atoms with Crippen LogP contribution in [-0.4, -0.2) is 15.8 Å². The average Bonchev–Trinajstić information content (AvgIpc) is 3.73. The van der Waals surface area contributed by atoms with Crippen LogP contribution in [0.3, 0.4) is 0 Å². The van der Waals surface area contributed by atoms with Gasteiger partial charge in [0.2, 0.25) is 0 Å². The number of hydrogen-bond acceptors (Lipinski definition) is 0. The maximum absolute atomic E-state index is 2.65. The first-order valence-electron chi connectivity index (χ1n) is 20.6. The molecule has 11 aromatic rings. The van der Waals surface area contributed by atoms with E-state index in [0.717, 1.165) is 0 Å². The molecule has 2 aromatic heterocycles. The van der Waals surface area contributed by atoms with Gasteiger partial charge in [-0.3, -0.25) is 0 Å². The van der Waals surface area contributed by atoms with Crippen LogP contribution in [0.25, 0.3) is 98.4 Å². The fraction of sp³-hybridized carbons (Fsp3) is 0.148. The lowest BCUT2D eigenvalue weighted by atomic mass is 9.33. The summed E-state index contributed by atoms with van der Waals surface area (Å²) in [6.45, 7) is 14.2. The van der Waals surface area contributed by atoms with Gasteiger partial charge in [0, 0.05) is 38.4 Å². The van der Waals surface area contributed by atoms with E-state index in [1.165, 1.54) is 126 Å². The molecule has 0 bridgehead atoms. The molecule has 0 saturated heterocycles. The third-order valence-corrected chi connectivity index (χ3v) is 13.7. The molecular weight excluding hydrogens is 687 g/mol. The van der Waals surface area contributed by atoms with E-state index < -0.39 is 0 Å². The van der Waals surface area contributed by atoms with Crippen molar-refractivity contribution in [3.8, 4) is 22.5 Å². The number of hydrogen-bond donors (Lipinski definition) is 0. The summed E-state index contributed by atoms with van der Waals surface area (Å²) in [6.07, 6.45) is 0. The molecule has 0 fully saturated rings. The largest absolute Gasteiger partial charge is 0.310 e. The molecule has 0 unspecified atom stereocenters. The maximum Gasteiger partial charge on any atom is 0.253 e. The number of aromatic nitrogens is 2. The predicted molar refractivity (Wildman–Crippen MR) is 246 cm³/mol. The highest BCUT2D eigenvalue weighted by Crippen LogP contribution is 2.46. The van der Waals surface area contributed by atoms with E-state index in [1.807, 2.05) is 0 Å². The summed E-state index contributed by atoms with van der Waals surface area (Å²) in [4.78, 5) is 0. The highest BCUT2D eigenvalue weighted by Gasteiger charge is 2.43. The molecule has 4 heterocycles. The number of fused-ring (bicyclic) bond motifs is 12. The molecular formula is C54H41BN2. The Labute approximate surface area is 332 Å². The second-order valence-electron chi connectivity index (χ2n) is 18.9. The lowest BCUT2D eigenvalue weighted by Gasteiger charge is -2.35. The fourth-order valence-electron chi connectivity index (χ4n) is 11.0. The van der Waals surface area contributed by atoms with Gasteiger partial charge in [-0.2, -0.15) is 0 Å². The van der Waals surface area contributed by atoms with Gasteiger partial charge < -0.3 is 9.13 Å². The first kappa shape index (κ1) is 31.8. The Kier molecular flexibility index (Phi) is 5.78. The van der Waals surface area contributed by atoms with Gasteiger partial charge in [0.1, 0.15) is 0 Å². The van der Waals surface area contributed by atoms with Crippen molar-refractivity contribution in [2.75, 3.05) is 0 Å². The molecule has 0 N–H and O–H groups in total. The summed E-state index contributed by atoms with van der Waals surface area (Å²) in [5, 5.41) is 13.5. The van der Waals surface area contributed by atoms with Crippen molar-refractivity contribution < 1.29 is 0 Å². The molecule has 2 nitrogen and oxygen atoms in total. The van der Waals surface area contributed by atoms with Crippen molar-refractivity contribution in [2.24, 2.45) is 0 Å². The maximum atomic E-state index is 2.65. The summed E-state index contributed by atoms with van der Waals surface area (Å²) >= 11 is 0. The van der Waals surface area contributed by atoms with Gasteiger partial charge in [-0.05, 0) is 118 Å². The SMILES string of the molecule is CC(C)(C)c1ccc2c(c1)c1cc(C(C)(C)C)cc3c1n2-c1cccc2c1B3c1c3ccc4cccc5ccc(c3c45)c3c4ccc(-c5ccccc5)cc4n-2c13. The second kappa shape index (κ2) is 10.3. The Bertz CT molecular complexity index is 3570. The minimum absolute atomic E-state index is 0.0318. The quantitative estimate of drug-likeness (QED) is 0.118. The number of benzene rings is 9. The van der Waals surface area contributed by atoms with E-state index in [0.29, 0.717) is 0 Å². The molecule has 0 spiro atoms. The van der Waals surface area contributed by atoms with Crippen molar-refractivity contribution in [1.29, 1.82) is 0 Å². The normalized spacial score (nSPS) is 13.8. The van der Waals surface area contributed by atoms with Crippen LogP contribution in [0, 0.1) is 0 Å². The second-order valence-corrected chi connectivity index (χ2v) is 18.9. The van der Waals surface area contributed by atoms with E-state index in [-0.39, 0.29) is 17.5 Å². The van der Waals surface area contributed by atoms with Gasteiger partial charge in [-0.15, -0.1) is 0 Å². The Balaban J connectivity index is 1.28. The molecule has 2 aliphatic heterocycles. The Morgan fingerprint density at radius 1 is 0.404 bits per heavy atom. The first-order valence-corrected chi connectivity index (χ1v) is 20.6. The molecule has 0 saturated carbocycles. The molecule has 3 heteroatoms. The molecule has 0 radical (unpaired) electrons. The van der Waals surface area contributed by atoms with E-state index in [1.54, 1.807) is 0 Å². The minimum atomic E-state index is -0.0318. The summed E-state index contributed by atoms with van der Waals surface area (Å²) in [5.41, 5.74) is 17.3. The van der Waals surface area contributed by atoms with Crippen LogP contribution in [0.4, 0.5) is 0 Å². The summed E-state index contributed by atoms with van der Waals surface area (Å²) < 4.78 is 5.27. The zero-order chi connectivity index (χ0) is 38.3. The highest BCUT2D eigenvalue weighted by molar-refractivity contribution is 7.02. The fourth-order valence-corrected chi connectivity index (χ4v) is 11.0. The predicted octanol–water partition coefficient (Wildman–Crippen LogP) is 12.2. The van der Waals surface area contributed by atoms with Crippen LogP contribution in [0.5, 0.6) is 0 Å². The molecule has 9 aromatic carbocycles. The standard InChI is InChI=1S/C54H41BN2/c1-53(2,3)34-21-25-42-39(27-34)40-28-35(54(4,5)6)29-41-51(40)56(42)43-16-11-17-44-50(43)55(41)49-38-24-19-32-15-10-14-31-18-23-37(47(38)46(31)32)48-36-22-20-33(30-12-8-7-9-13-30)26-45(36)57(44)52(48)49/h7-29H,1-6H3. The van der Waals surface area contributed by atoms with Crippen LogP contribution in [-0.2, 0) is 10.8 Å². The summed E-state index contributed by atoms with van der Waals surface area (Å²) in [6, 6.07) is 53.9. The van der Waals surface area contributed by atoms with Crippen molar-refractivity contribution >= 4 is 99.0 Å². The average molecular weight is 729 g/mol. The first-order chi connectivity index (χ1) is 27.6. The topological polar surface area (TPSA) is 9.86 Å². The van der Waals surface area contributed by atoms with E-state index in [4.69, 9.17) is 0 Å². The Morgan fingerprint density at radius 3 is 1.81 bits per heavy atom. The van der Waals surface area contributed by atoms with E-state index in [2.05, 4.69) is 190 Å². The van der Waals surface area contributed by atoms with E-state index in [9.17, 15) is 0 Å². The highest BCUT2D eigenvalue weighted by atomic mass is 15.0. The van der Waals surface area contributed by atoms with Crippen LogP contribution in [0.15, 0.2) is 140 Å². The van der Waals surface area contributed by atoms with Gasteiger partial charge in [-0.1, -0.05) is 145 Å². The minimum Gasteiger partial charge on any atom is -0.310 e. The molecule has 57 heavy (non-hydrogen) atoms. The molecule has 13 rings (SSSR count). The van der Waals surface area contributed by atoms with Gasteiger partial charge in [0.15, 0.2) is 0 Å². The van der Waals surface area contributed by atoms with Gasteiger partial charge in [0.25, 0.3) is 6.71 Å². The lowest BCUT2D eigenvalue weighted by Crippen LogP contribution is -2.59. The molecule has 0 amide bonds. The monoisotopic (exact) mass is 728 g/mol. The Morgan fingerprint density at radius 2 is 1.07 bits per heavy atom. The zero-order valence-electron chi connectivity index (χ0n) is 33.3. The molecule has 270 valence electrons. The molecule has 2 aliphatic rings. The Hall–Kier alpha value is -6.32. The van der Waals surface area contributed by atoms with Gasteiger partial charge in [-0.25, -0.2) is 0 Å². The lowest BCUT2D eigenvalue weighted by molar-refractivity contribution is 0.590. The van der Waals surface area contributed by atoms with Crippen molar-refractivity contribution in [2.45, 2.75) is 52.4 Å². The zero-order valence-corrected chi connectivity index (χ0v) is 33.3. The van der Waals surface area contributed by atoms with E-state index >= 15 is 0 Å². The molecule has 0 aliphatic carbocycles.